The van der Waals surface area contributed by atoms with Gasteiger partial charge in [-0.15, -0.1) is 0 Å². The van der Waals surface area contributed by atoms with E-state index in [1.54, 1.807) is 0 Å². The predicted molar refractivity (Wildman–Crippen MR) is 86.5 cm³/mol. The number of fused-ring (bicyclic) bond motifs is 1. The summed E-state index contributed by atoms with van der Waals surface area (Å²) in [6.07, 6.45) is 6.94. The van der Waals surface area contributed by atoms with Gasteiger partial charge in [-0.3, -0.25) is 9.59 Å². The van der Waals surface area contributed by atoms with Crippen LogP contribution in [0.2, 0.25) is 0 Å². The lowest BCUT2D eigenvalue weighted by Gasteiger charge is -2.18. The second-order valence-electron chi connectivity index (χ2n) is 6.93. The van der Waals surface area contributed by atoms with Gasteiger partial charge < -0.3 is 5.32 Å². The van der Waals surface area contributed by atoms with Gasteiger partial charge in [-0.05, 0) is 61.3 Å². The Labute approximate surface area is 136 Å². The molecule has 1 amide bonds. The lowest BCUT2D eigenvalue weighted by molar-refractivity contribution is -0.121. The zero-order valence-corrected chi connectivity index (χ0v) is 13.4. The van der Waals surface area contributed by atoms with E-state index in [0.29, 0.717) is 11.5 Å². The van der Waals surface area contributed by atoms with E-state index in [0.717, 1.165) is 18.4 Å². The molecule has 1 aromatic carbocycles. The van der Waals surface area contributed by atoms with E-state index < -0.39 is 0 Å². The van der Waals surface area contributed by atoms with Crippen LogP contribution in [0.3, 0.4) is 0 Å². The summed E-state index contributed by atoms with van der Waals surface area (Å²) in [5, 5.41) is 3.00. The average Bonchev–Trinajstić information content (AvgIpc) is 3.15. The van der Waals surface area contributed by atoms with Crippen molar-refractivity contribution in [3.63, 3.8) is 0 Å². The van der Waals surface area contributed by atoms with Gasteiger partial charge in [0.2, 0.25) is 5.91 Å². The molecule has 1 aromatic rings. The third-order valence-electron chi connectivity index (χ3n) is 5.54. The van der Waals surface area contributed by atoms with Crippen molar-refractivity contribution < 1.29 is 14.0 Å². The molecule has 0 aliphatic heterocycles. The molecule has 3 atom stereocenters. The Morgan fingerprint density at radius 1 is 1.04 bits per heavy atom. The van der Waals surface area contributed by atoms with E-state index in [9.17, 15) is 14.0 Å². The topological polar surface area (TPSA) is 46.2 Å². The van der Waals surface area contributed by atoms with Gasteiger partial charge >= 0.3 is 0 Å². The molecule has 3 rings (SSSR count). The normalized spacial score (nSPS) is 26.0. The van der Waals surface area contributed by atoms with Crippen molar-refractivity contribution in [2.75, 3.05) is 6.54 Å². The molecule has 1 N–H and O–H groups in total. The molecule has 124 valence electrons. The maximum atomic E-state index is 12.8. The second-order valence-corrected chi connectivity index (χ2v) is 6.93. The summed E-state index contributed by atoms with van der Waals surface area (Å²) in [4.78, 5) is 23.9. The van der Waals surface area contributed by atoms with Crippen LogP contribution in [0, 0.1) is 23.6 Å². The van der Waals surface area contributed by atoms with Crippen LogP contribution in [0.25, 0.3) is 0 Å². The highest BCUT2D eigenvalue weighted by molar-refractivity contribution is 5.97. The van der Waals surface area contributed by atoms with Crippen molar-refractivity contribution >= 4 is 11.7 Å². The number of halogens is 1. The maximum absolute atomic E-state index is 12.8. The Morgan fingerprint density at radius 2 is 1.83 bits per heavy atom. The number of amides is 1. The maximum Gasteiger partial charge on any atom is 0.220 e. The van der Waals surface area contributed by atoms with E-state index in [1.807, 2.05) is 0 Å². The number of ketones is 1. The number of carbonyl (C=O) groups is 2. The van der Waals surface area contributed by atoms with Crippen molar-refractivity contribution in [1.82, 2.24) is 5.32 Å². The van der Waals surface area contributed by atoms with Crippen molar-refractivity contribution in [2.45, 2.75) is 44.9 Å². The number of nitrogens with one attached hydrogen (secondary N) is 1. The lowest BCUT2D eigenvalue weighted by atomic mass is 9.92. The largest absolute Gasteiger partial charge is 0.356 e. The Bertz CT molecular complexity index is 569. The fourth-order valence-corrected chi connectivity index (χ4v) is 4.28. The Morgan fingerprint density at radius 3 is 2.61 bits per heavy atom. The van der Waals surface area contributed by atoms with Crippen molar-refractivity contribution in [3.05, 3.63) is 35.6 Å². The first-order valence-corrected chi connectivity index (χ1v) is 8.69. The molecule has 2 saturated carbocycles. The minimum absolute atomic E-state index is 0.0538. The van der Waals surface area contributed by atoms with Crippen LogP contribution in [0.15, 0.2) is 24.3 Å². The number of hydrogen-bond acceptors (Lipinski definition) is 2. The fourth-order valence-electron chi connectivity index (χ4n) is 4.28. The quantitative estimate of drug-likeness (QED) is 0.813. The molecule has 0 saturated heterocycles. The first-order valence-electron chi connectivity index (χ1n) is 8.69. The molecule has 23 heavy (non-hydrogen) atoms. The van der Waals surface area contributed by atoms with Crippen molar-refractivity contribution in [2.24, 2.45) is 17.8 Å². The van der Waals surface area contributed by atoms with E-state index in [4.69, 9.17) is 0 Å². The molecule has 0 aromatic heterocycles. The molecule has 0 spiro atoms. The van der Waals surface area contributed by atoms with Gasteiger partial charge in [-0.25, -0.2) is 4.39 Å². The van der Waals surface area contributed by atoms with E-state index in [-0.39, 0.29) is 30.3 Å². The first-order chi connectivity index (χ1) is 11.1. The van der Waals surface area contributed by atoms with Gasteiger partial charge in [-0.1, -0.05) is 12.8 Å². The molecular weight excluding hydrogens is 293 g/mol. The van der Waals surface area contributed by atoms with E-state index >= 15 is 0 Å². The average molecular weight is 317 g/mol. The minimum Gasteiger partial charge on any atom is -0.356 e. The van der Waals surface area contributed by atoms with Gasteiger partial charge in [0.25, 0.3) is 0 Å². The van der Waals surface area contributed by atoms with Crippen molar-refractivity contribution in [3.8, 4) is 0 Å². The summed E-state index contributed by atoms with van der Waals surface area (Å²) in [6, 6.07) is 5.47. The highest BCUT2D eigenvalue weighted by Crippen LogP contribution is 2.47. The third-order valence-corrected chi connectivity index (χ3v) is 5.54. The summed E-state index contributed by atoms with van der Waals surface area (Å²) >= 11 is 0. The van der Waals surface area contributed by atoms with Crippen molar-refractivity contribution in [1.29, 1.82) is 0 Å². The second kappa shape index (κ2) is 7.24. The molecule has 0 bridgehead atoms. The van der Waals surface area contributed by atoms with Gasteiger partial charge in [0.15, 0.2) is 5.78 Å². The van der Waals surface area contributed by atoms with Crippen LogP contribution in [-0.2, 0) is 4.79 Å². The van der Waals surface area contributed by atoms with Gasteiger partial charge in [0.05, 0.1) is 0 Å². The minimum atomic E-state index is -0.360. The SMILES string of the molecule is O=C(CCC(=O)c1ccc(F)cc1)NC[C@H]1CC[C@@H]2CCC[C@@H]21. The molecule has 2 aliphatic rings. The van der Waals surface area contributed by atoms with Crippen LogP contribution >= 0.6 is 0 Å². The molecule has 0 heterocycles. The smallest absolute Gasteiger partial charge is 0.220 e. The predicted octanol–water partition coefficient (Wildman–Crippen LogP) is 3.73. The summed E-state index contributed by atoms with van der Waals surface area (Å²) in [5.74, 6) is 1.78. The zero-order chi connectivity index (χ0) is 16.2. The highest BCUT2D eigenvalue weighted by Gasteiger charge is 2.38. The first kappa shape index (κ1) is 16.2. The lowest BCUT2D eigenvalue weighted by Crippen LogP contribution is -2.31. The molecule has 2 fully saturated rings. The number of Topliss-reactive ketones (excluding diaryl/α,β-unsaturated/α-hetero) is 1. The number of rotatable bonds is 6. The Hall–Kier alpha value is -1.71. The van der Waals surface area contributed by atoms with Crippen LogP contribution in [-0.4, -0.2) is 18.2 Å². The fraction of sp³-hybridized carbons (Fsp3) is 0.579. The van der Waals surface area contributed by atoms with Gasteiger partial charge in [0, 0.05) is 24.9 Å². The monoisotopic (exact) mass is 317 g/mol. The Kier molecular flexibility index (Phi) is 5.09. The number of hydrogen-bond donors (Lipinski definition) is 1. The number of benzene rings is 1. The zero-order valence-electron chi connectivity index (χ0n) is 13.4. The van der Waals surface area contributed by atoms with E-state index in [1.165, 1.54) is 56.4 Å². The summed E-state index contributed by atoms with van der Waals surface area (Å²) in [5.41, 5.74) is 0.462. The third kappa shape index (κ3) is 3.98. The molecule has 0 radical (unpaired) electrons. The molecule has 3 nitrogen and oxygen atoms in total. The van der Waals surface area contributed by atoms with Gasteiger partial charge in [0.1, 0.15) is 5.82 Å². The Balaban J connectivity index is 1.39. The number of carbonyl (C=O) groups excluding carboxylic acids is 2. The van der Waals surface area contributed by atoms with Crippen LogP contribution in [0.4, 0.5) is 4.39 Å². The summed E-state index contributed by atoms with van der Waals surface area (Å²) in [6.45, 7) is 0.755. The van der Waals surface area contributed by atoms with Gasteiger partial charge in [-0.2, -0.15) is 0 Å². The molecular formula is C19H24FNO2. The van der Waals surface area contributed by atoms with Crippen LogP contribution in [0.1, 0.15) is 55.3 Å². The summed E-state index contributed by atoms with van der Waals surface area (Å²) in [7, 11) is 0. The van der Waals surface area contributed by atoms with Crippen LogP contribution in [0.5, 0.6) is 0 Å². The summed E-state index contributed by atoms with van der Waals surface area (Å²) < 4.78 is 12.8. The molecule has 2 aliphatic carbocycles. The standard InChI is InChI=1S/C19H24FNO2/c20-16-8-6-14(7-9-16)18(22)10-11-19(23)21-12-15-5-4-13-2-1-3-17(13)15/h6-9,13,15,17H,1-5,10-12H2,(H,21,23)/t13-,15+,17-/m0/s1. The molecule has 4 heteroatoms. The van der Waals surface area contributed by atoms with Crippen LogP contribution < -0.4 is 5.32 Å². The van der Waals surface area contributed by atoms with E-state index in [2.05, 4.69) is 5.32 Å². The highest BCUT2D eigenvalue weighted by atomic mass is 19.1. The molecule has 0 unspecified atom stereocenters.